The Bertz CT molecular complexity index is 811. The highest BCUT2D eigenvalue weighted by Gasteiger charge is 2.27. The maximum Gasteiger partial charge on any atom is 0.261 e. The summed E-state index contributed by atoms with van der Waals surface area (Å²) in [5.74, 6) is 0.294. The molecule has 30 heavy (non-hydrogen) atoms. The molecule has 0 aromatic heterocycles. The van der Waals surface area contributed by atoms with Crippen LogP contribution in [0, 0.1) is 0 Å². The lowest BCUT2D eigenvalue weighted by atomic mass is 9.87. The van der Waals surface area contributed by atoms with Gasteiger partial charge in [0, 0.05) is 13.6 Å². The van der Waals surface area contributed by atoms with E-state index in [-0.39, 0.29) is 23.8 Å². The van der Waals surface area contributed by atoms with Gasteiger partial charge in [-0.1, -0.05) is 70.2 Å². The Morgan fingerprint density at radius 1 is 1.03 bits per heavy atom. The lowest BCUT2D eigenvalue weighted by molar-refractivity contribution is -0.142. The molecule has 0 bridgehead atoms. The average molecular weight is 411 g/mol. The van der Waals surface area contributed by atoms with Gasteiger partial charge in [0.1, 0.15) is 11.8 Å². The van der Waals surface area contributed by atoms with Gasteiger partial charge >= 0.3 is 0 Å². The van der Waals surface area contributed by atoms with Crippen LogP contribution >= 0.6 is 0 Å². The van der Waals surface area contributed by atoms with Crippen molar-refractivity contribution in [3.8, 4) is 5.75 Å². The normalized spacial score (nSPS) is 12.2. The van der Waals surface area contributed by atoms with E-state index >= 15 is 0 Å². The van der Waals surface area contributed by atoms with Crippen molar-refractivity contribution in [2.45, 2.75) is 52.0 Å². The number of rotatable bonds is 9. The van der Waals surface area contributed by atoms with Crippen LogP contribution in [0.4, 0.5) is 0 Å². The van der Waals surface area contributed by atoms with E-state index in [0.717, 1.165) is 5.56 Å². The SMILES string of the molecule is CCC(C(=O)NC)N(CCc1ccccc1)C(=O)COc1ccc(C(C)(C)C)cc1. The van der Waals surface area contributed by atoms with Gasteiger partial charge < -0.3 is 15.0 Å². The standard InChI is InChI=1S/C25H34N2O3/c1-6-22(24(29)26-5)27(17-16-19-10-8-7-9-11-19)23(28)18-30-21-14-12-20(13-15-21)25(2,3)4/h7-15,22H,6,16-18H2,1-5H3,(H,26,29). The van der Waals surface area contributed by atoms with Crippen molar-refractivity contribution in [2.75, 3.05) is 20.2 Å². The predicted octanol–water partition coefficient (Wildman–Crippen LogP) is 3.96. The molecule has 1 unspecified atom stereocenters. The molecule has 2 aromatic carbocycles. The number of hydrogen-bond donors (Lipinski definition) is 1. The van der Waals surface area contributed by atoms with Gasteiger partial charge in [0.05, 0.1) is 0 Å². The molecule has 2 amide bonds. The molecule has 0 saturated heterocycles. The molecule has 1 N–H and O–H groups in total. The second kappa shape index (κ2) is 10.8. The van der Waals surface area contributed by atoms with Crippen molar-refractivity contribution in [1.29, 1.82) is 0 Å². The lowest BCUT2D eigenvalue weighted by Crippen LogP contribution is -2.50. The van der Waals surface area contributed by atoms with Crippen LogP contribution in [0.3, 0.4) is 0 Å². The number of hydrogen-bond acceptors (Lipinski definition) is 3. The number of likely N-dealkylation sites (N-methyl/N-ethyl adjacent to an activating group) is 1. The van der Waals surface area contributed by atoms with Crippen LogP contribution in [-0.4, -0.2) is 43.0 Å². The summed E-state index contributed by atoms with van der Waals surface area (Å²) in [5, 5.41) is 2.67. The molecule has 5 heteroatoms. The van der Waals surface area contributed by atoms with Crippen molar-refractivity contribution in [1.82, 2.24) is 10.2 Å². The van der Waals surface area contributed by atoms with Gasteiger partial charge in [0.2, 0.25) is 5.91 Å². The largest absolute Gasteiger partial charge is 0.484 e. The van der Waals surface area contributed by atoms with Gasteiger partial charge in [-0.05, 0) is 41.5 Å². The van der Waals surface area contributed by atoms with Gasteiger partial charge in [-0.3, -0.25) is 9.59 Å². The highest BCUT2D eigenvalue weighted by molar-refractivity contribution is 5.88. The van der Waals surface area contributed by atoms with Crippen LogP contribution in [0.15, 0.2) is 54.6 Å². The monoisotopic (exact) mass is 410 g/mol. The first-order valence-corrected chi connectivity index (χ1v) is 10.5. The van der Waals surface area contributed by atoms with E-state index in [1.165, 1.54) is 5.56 Å². The Morgan fingerprint density at radius 2 is 1.67 bits per heavy atom. The van der Waals surface area contributed by atoms with Gasteiger partial charge in [0.25, 0.3) is 5.91 Å². The first kappa shape index (κ1) is 23.5. The maximum atomic E-state index is 13.0. The van der Waals surface area contributed by atoms with Crippen LogP contribution in [0.25, 0.3) is 0 Å². The number of amides is 2. The van der Waals surface area contributed by atoms with Crippen molar-refractivity contribution in [2.24, 2.45) is 0 Å². The van der Waals surface area contributed by atoms with E-state index in [0.29, 0.717) is 25.1 Å². The fraction of sp³-hybridized carbons (Fsp3) is 0.440. The fourth-order valence-electron chi connectivity index (χ4n) is 3.34. The Kier molecular flexibility index (Phi) is 8.46. The predicted molar refractivity (Wildman–Crippen MR) is 121 cm³/mol. The zero-order chi connectivity index (χ0) is 22.1. The summed E-state index contributed by atoms with van der Waals surface area (Å²) >= 11 is 0. The fourth-order valence-corrected chi connectivity index (χ4v) is 3.34. The molecule has 0 fully saturated rings. The maximum absolute atomic E-state index is 13.0. The molecule has 0 aliphatic heterocycles. The third-order valence-electron chi connectivity index (χ3n) is 5.20. The minimum atomic E-state index is -0.516. The molecule has 0 radical (unpaired) electrons. The summed E-state index contributed by atoms with van der Waals surface area (Å²) in [5.41, 5.74) is 2.39. The minimum Gasteiger partial charge on any atom is -0.484 e. The van der Waals surface area contributed by atoms with E-state index in [1.807, 2.05) is 61.5 Å². The smallest absolute Gasteiger partial charge is 0.261 e. The molecule has 5 nitrogen and oxygen atoms in total. The Labute approximate surface area is 180 Å². The number of carbonyl (C=O) groups excluding carboxylic acids is 2. The lowest BCUT2D eigenvalue weighted by Gasteiger charge is -2.30. The summed E-state index contributed by atoms with van der Waals surface area (Å²) in [6.07, 6.45) is 1.22. The molecule has 0 aliphatic carbocycles. The van der Waals surface area contributed by atoms with E-state index < -0.39 is 6.04 Å². The van der Waals surface area contributed by atoms with E-state index in [2.05, 4.69) is 26.1 Å². The van der Waals surface area contributed by atoms with E-state index in [9.17, 15) is 9.59 Å². The van der Waals surface area contributed by atoms with Crippen LogP contribution in [0.1, 0.15) is 45.2 Å². The second-order valence-corrected chi connectivity index (χ2v) is 8.42. The van der Waals surface area contributed by atoms with E-state index in [1.54, 1.807) is 11.9 Å². The average Bonchev–Trinajstić information content (AvgIpc) is 2.74. The highest BCUT2D eigenvalue weighted by Crippen LogP contribution is 2.24. The summed E-state index contributed by atoms with van der Waals surface area (Å²) in [7, 11) is 1.60. The number of nitrogens with zero attached hydrogens (tertiary/aromatic N) is 1. The van der Waals surface area contributed by atoms with Gasteiger partial charge in [-0.15, -0.1) is 0 Å². The Hall–Kier alpha value is -2.82. The van der Waals surface area contributed by atoms with Gasteiger partial charge in [0.15, 0.2) is 6.61 Å². The van der Waals surface area contributed by atoms with E-state index in [4.69, 9.17) is 4.74 Å². The number of benzene rings is 2. The van der Waals surface area contributed by atoms with Crippen molar-refractivity contribution in [3.05, 3.63) is 65.7 Å². The first-order valence-electron chi connectivity index (χ1n) is 10.5. The van der Waals surface area contributed by atoms with Gasteiger partial charge in [-0.25, -0.2) is 0 Å². The van der Waals surface area contributed by atoms with Crippen LogP contribution in [-0.2, 0) is 21.4 Å². The van der Waals surface area contributed by atoms with Crippen LogP contribution in [0.5, 0.6) is 5.75 Å². The third-order valence-corrected chi connectivity index (χ3v) is 5.20. The molecule has 1 atom stereocenters. The summed E-state index contributed by atoms with van der Waals surface area (Å²) in [4.78, 5) is 27.0. The van der Waals surface area contributed by atoms with Gasteiger partial charge in [-0.2, -0.15) is 0 Å². The molecule has 2 rings (SSSR count). The number of nitrogens with one attached hydrogen (secondary N) is 1. The zero-order valence-corrected chi connectivity index (χ0v) is 18.8. The third kappa shape index (κ3) is 6.61. The molecule has 0 spiro atoms. The van der Waals surface area contributed by atoms with Crippen LogP contribution < -0.4 is 10.1 Å². The quantitative estimate of drug-likeness (QED) is 0.681. The molecular weight excluding hydrogens is 376 g/mol. The van der Waals surface area contributed by atoms with Crippen molar-refractivity contribution < 1.29 is 14.3 Å². The second-order valence-electron chi connectivity index (χ2n) is 8.42. The molecule has 2 aromatic rings. The highest BCUT2D eigenvalue weighted by atomic mass is 16.5. The van der Waals surface area contributed by atoms with Crippen molar-refractivity contribution >= 4 is 11.8 Å². The first-order chi connectivity index (χ1) is 14.3. The topological polar surface area (TPSA) is 58.6 Å². The number of carbonyl (C=O) groups is 2. The Morgan fingerprint density at radius 3 is 2.20 bits per heavy atom. The Balaban J connectivity index is 2.08. The van der Waals surface area contributed by atoms with Crippen molar-refractivity contribution in [3.63, 3.8) is 0 Å². The molecule has 0 saturated carbocycles. The molecule has 0 heterocycles. The summed E-state index contributed by atoms with van der Waals surface area (Å²) in [6, 6.07) is 17.3. The number of ether oxygens (including phenoxy) is 1. The molecule has 0 aliphatic rings. The zero-order valence-electron chi connectivity index (χ0n) is 18.8. The van der Waals surface area contributed by atoms with Crippen LogP contribution in [0.2, 0.25) is 0 Å². The molecular formula is C25H34N2O3. The summed E-state index contributed by atoms with van der Waals surface area (Å²) in [6.45, 7) is 8.73. The molecule has 162 valence electrons. The minimum absolute atomic E-state index is 0.0600. The summed E-state index contributed by atoms with van der Waals surface area (Å²) < 4.78 is 5.75.